The summed E-state index contributed by atoms with van der Waals surface area (Å²) < 4.78 is 14.0. The highest BCUT2D eigenvalue weighted by molar-refractivity contribution is 9.10. The van der Waals surface area contributed by atoms with Gasteiger partial charge in [-0.3, -0.25) is 0 Å². The van der Waals surface area contributed by atoms with Crippen LogP contribution in [0.3, 0.4) is 0 Å². The summed E-state index contributed by atoms with van der Waals surface area (Å²) in [5.74, 6) is -0.251. The van der Waals surface area contributed by atoms with Gasteiger partial charge < -0.3 is 5.73 Å². The lowest BCUT2D eigenvalue weighted by Gasteiger charge is -2.13. The molecule has 0 amide bonds. The summed E-state index contributed by atoms with van der Waals surface area (Å²) in [6.45, 7) is 0. The number of thiophene rings is 1. The van der Waals surface area contributed by atoms with Gasteiger partial charge in [0.1, 0.15) is 5.82 Å². The maximum atomic E-state index is 13.1. The van der Waals surface area contributed by atoms with Crippen molar-refractivity contribution in [3.63, 3.8) is 0 Å². The van der Waals surface area contributed by atoms with E-state index in [1.807, 2.05) is 11.4 Å². The molecule has 0 aliphatic rings. The molecule has 84 valence electrons. The Morgan fingerprint density at radius 3 is 2.88 bits per heavy atom. The smallest absolute Gasteiger partial charge is 0.123 e. The standard InChI is InChI=1S/C12H11BrFNS/c13-11-2-1-9(14)6-10(11)12(15)5-8-3-4-16-7-8/h1-4,6-7,12H,5,15H2. The van der Waals surface area contributed by atoms with E-state index in [0.717, 1.165) is 16.5 Å². The largest absolute Gasteiger partial charge is 0.324 e. The molecule has 1 heterocycles. The molecule has 0 bridgehead atoms. The molecule has 0 fully saturated rings. The second-order valence-electron chi connectivity index (χ2n) is 3.61. The third kappa shape index (κ3) is 2.70. The summed E-state index contributed by atoms with van der Waals surface area (Å²) >= 11 is 5.03. The van der Waals surface area contributed by atoms with Crippen molar-refractivity contribution in [2.75, 3.05) is 0 Å². The van der Waals surface area contributed by atoms with Crippen molar-refractivity contribution in [2.24, 2.45) is 5.73 Å². The van der Waals surface area contributed by atoms with Gasteiger partial charge in [-0.05, 0) is 52.6 Å². The van der Waals surface area contributed by atoms with Gasteiger partial charge >= 0.3 is 0 Å². The molecular weight excluding hydrogens is 289 g/mol. The van der Waals surface area contributed by atoms with E-state index in [1.54, 1.807) is 17.4 Å². The molecule has 0 saturated carbocycles. The van der Waals surface area contributed by atoms with Gasteiger partial charge in [0.2, 0.25) is 0 Å². The summed E-state index contributed by atoms with van der Waals surface area (Å²) in [5, 5.41) is 4.08. The van der Waals surface area contributed by atoms with Crippen molar-refractivity contribution >= 4 is 27.3 Å². The zero-order valence-electron chi connectivity index (χ0n) is 8.49. The lowest BCUT2D eigenvalue weighted by molar-refractivity contribution is 0.617. The third-order valence-electron chi connectivity index (χ3n) is 2.39. The monoisotopic (exact) mass is 299 g/mol. The van der Waals surface area contributed by atoms with Gasteiger partial charge in [-0.2, -0.15) is 11.3 Å². The summed E-state index contributed by atoms with van der Waals surface area (Å²) in [4.78, 5) is 0. The molecule has 4 heteroatoms. The molecule has 1 nitrogen and oxygen atoms in total. The third-order valence-corrected chi connectivity index (χ3v) is 3.85. The number of halogens is 2. The van der Waals surface area contributed by atoms with Crippen LogP contribution >= 0.6 is 27.3 Å². The van der Waals surface area contributed by atoms with E-state index in [-0.39, 0.29) is 11.9 Å². The van der Waals surface area contributed by atoms with E-state index >= 15 is 0 Å². The van der Waals surface area contributed by atoms with E-state index in [2.05, 4.69) is 21.3 Å². The Balaban J connectivity index is 2.20. The van der Waals surface area contributed by atoms with Crippen LogP contribution in [0.5, 0.6) is 0 Å². The first-order valence-electron chi connectivity index (χ1n) is 4.88. The number of hydrogen-bond acceptors (Lipinski definition) is 2. The van der Waals surface area contributed by atoms with E-state index in [4.69, 9.17) is 5.73 Å². The van der Waals surface area contributed by atoms with Gasteiger partial charge in [-0.25, -0.2) is 4.39 Å². The second kappa shape index (κ2) is 5.08. The summed E-state index contributed by atoms with van der Waals surface area (Å²) in [6.07, 6.45) is 0.728. The zero-order chi connectivity index (χ0) is 11.5. The average molecular weight is 300 g/mol. The quantitative estimate of drug-likeness (QED) is 0.914. The van der Waals surface area contributed by atoms with Crippen molar-refractivity contribution in [3.8, 4) is 0 Å². The molecule has 0 radical (unpaired) electrons. The van der Waals surface area contributed by atoms with E-state index in [0.29, 0.717) is 0 Å². The molecule has 1 unspecified atom stereocenters. The molecule has 1 atom stereocenters. The molecule has 0 spiro atoms. The fraction of sp³-hybridized carbons (Fsp3) is 0.167. The molecule has 2 N–H and O–H groups in total. The molecule has 2 rings (SSSR count). The van der Waals surface area contributed by atoms with Crippen LogP contribution in [0.4, 0.5) is 4.39 Å². The Hall–Kier alpha value is -0.710. The number of benzene rings is 1. The normalized spacial score (nSPS) is 12.7. The van der Waals surface area contributed by atoms with Crippen molar-refractivity contribution in [2.45, 2.75) is 12.5 Å². The van der Waals surface area contributed by atoms with Gasteiger partial charge in [-0.1, -0.05) is 15.9 Å². The van der Waals surface area contributed by atoms with Crippen LogP contribution in [0.2, 0.25) is 0 Å². The first-order valence-corrected chi connectivity index (χ1v) is 6.62. The zero-order valence-corrected chi connectivity index (χ0v) is 10.9. The topological polar surface area (TPSA) is 26.0 Å². The first kappa shape index (κ1) is 11.8. The van der Waals surface area contributed by atoms with Crippen LogP contribution in [-0.2, 0) is 6.42 Å². The molecule has 0 saturated heterocycles. The molecule has 16 heavy (non-hydrogen) atoms. The highest BCUT2D eigenvalue weighted by Crippen LogP contribution is 2.25. The Labute approximate surface area is 106 Å². The van der Waals surface area contributed by atoms with E-state index < -0.39 is 0 Å². The Morgan fingerprint density at radius 1 is 1.38 bits per heavy atom. The first-order chi connectivity index (χ1) is 7.66. The van der Waals surface area contributed by atoms with Gasteiger partial charge in [0, 0.05) is 10.5 Å². The average Bonchev–Trinajstić information content (AvgIpc) is 2.74. The highest BCUT2D eigenvalue weighted by Gasteiger charge is 2.11. The van der Waals surface area contributed by atoms with E-state index in [9.17, 15) is 4.39 Å². The maximum Gasteiger partial charge on any atom is 0.123 e. The fourth-order valence-electron chi connectivity index (χ4n) is 1.57. The predicted molar refractivity (Wildman–Crippen MR) is 69.1 cm³/mol. The Morgan fingerprint density at radius 2 is 2.19 bits per heavy atom. The van der Waals surface area contributed by atoms with Gasteiger partial charge in [0.05, 0.1) is 0 Å². The minimum Gasteiger partial charge on any atom is -0.324 e. The number of hydrogen-bond donors (Lipinski definition) is 1. The molecular formula is C12H11BrFNS. The van der Waals surface area contributed by atoms with Gasteiger partial charge in [-0.15, -0.1) is 0 Å². The highest BCUT2D eigenvalue weighted by atomic mass is 79.9. The van der Waals surface area contributed by atoms with Gasteiger partial charge in [0.15, 0.2) is 0 Å². The molecule has 2 aromatic rings. The second-order valence-corrected chi connectivity index (χ2v) is 5.24. The lowest BCUT2D eigenvalue weighted by atomic mass is 10.0. The summed E-state index contributed by atoms with van der Waals surface area (Å²) in [6, 6.07) is 6.46. The maximum absolute atomic E-state index is 13.1. The van der Waals surface area contributed by atoms with Crippen LogP contribution in [-0.4, -0.2) is 0 Å². The molecule has 0 aliphatic carbocycles. The Kier molecular flexibility index (Phi) is 3.74. The number of rotatable bonds is 3. The molecule has 1 aromatic heterocycles. The van der Waals surface area contributed by atoms with Crippen molar-refractivity contribution in [1.29, 1.82) is 0 Å². The van der Waals surface area contributed by atoms with Crippen LogP contribution in [0, 0.1) is 5.82 Å². The molecule has 0 aliphatic heterocycles. The van der Waals surface area contributed by atoms with Crippen molar-refractivity contribution in [1.82, 2.24) is 0 Å². The van der Waals surface area contributed by atoms with Crippen molar-refractivity contribution < 1.29 is 4.39 Å². The van der Waals surface area contributed by atoms with Crippen LogP contribution < -0.4 is 5.73 Å². The lowest BCUT2D eigenvalue weighted by Crippen LogP contribution is -2.13. The van der Waals surface area contributed by atoms with Crippen LogP contribution in [0.15, 0.2) is 39.5 Å². The van der Waals surface area contributed by atoms with Gasteiger partial charge in [0.25, 0.3) is 0 Å². The van der Waals surface area contributed by atoms with E-state index in [1.165, 1.54) is 17.7 Å². The minimum atomic E-state index is -0.251. The minimum absolute atomic E-state index is 0.181. The van der Waals surface area contributed by atoms with Crippen LogP contribution in [0.1, 0.15) is 17.2 Å². The van der Waals surface area contributed by atoms with Crippen LogP contribution in [0.25, 0.3) is 0 Å². The summed E-state index contributed by atoms with van der Waals surface area (Å²) in [5.41, 5.74) is 8.06. The van der Waals surface area contributed by atoms with Crippen molar-refractivity contribution in [3.05, 3.63) is 56.4 Å². The SMILES string of the molecule is NC(Cc1ccsc1)c1cc(F)ccc1Br. The number of nitrogens with two attached hydrogens (primary N) is 1. The predicted octanol–water partition coefficient (Wildman–Crippen LogP) is 3.89. The Bertz CT molecular complexity index is 470. The summed E-state index contributed by atoms with van der Waals surface area (Å²) in [7, 11) is 0. The fourth-order valence-corrected chi connectivity index (χ4v) is 2.79. The molecule has 1 aromatic carbocycles.